The molecular formula is C13H19FN2O2. The van der Waals surface area contributed by atoms with E-state index in [1.807, 2.05) is 0 Å². The lowest BCUT2D eigenvalue weighted by molar-refractivity contribution is -0.126. The normalized spacial score (nSPS) is 11.2. The molecule has 100 valence electrons. The van der Waals surface area contributed by atoms with Gasteiger partial charge in [-0.15, -0.1) is 0 Å². The van der Waals surface area contributed by atoms with E-state index in [-0.39, 0.29) is 18.3 Å². The number of rotatable bonds is 5. The Hall–Kier alpha value is -1.62. The molecule has 0 radical (unpaired) electrons. The van der Waals surface area contributed by atoms with Crippen molar-refractivity contribution in [2.45, 2.75) is 25.9 Å². The Balaban J connectivity index is 2.74. The van der Waals surface area contributed by atoms with Gasteiger partial charge in [0, 0.05) is 12.1 Å². The summed E-state index contributed by atoms with van der Waals surface area (Å²) in [6.45, 7) is 3.77. The van der Waals surface area contributed by atoms with Crippen LogP contribution >= 0.6 is 0 Å². The number of hydrogen-bond donors (Lipinski definition) is 2. The third-order valence-electron chi connectivity index (χ3n) is 2.87. The fraction of sp³-hybridized carbons (Fsp3) is 0.462. The molecule has 0 spiro atoms. The molecule has 0 atom stereocenters. The Bertz CT molecular complexity index is 433. The first-order chi connectivity index (χ1) is 8.40. The largest absolute Gasteiger partial charge is 0.496 e. The minimum absolute atomic E-state index is 0.156. The molecule has 0 heterocycles. The molecule has 18 heavy (non-hydrogen) atoms. The summed E-state index contributed by atoms with van der Waals surface area (Å²) in [5.74, 6) is 0.0446. The van der Waals surface area contributed by atoms with Crippen molar-refractivity contribution < 1.29 is 13.9 Å². The number of halogens is 1. The van der Waals surface area contributed by atoms with E-state index in [4.69, 9.17) is 4.74 Å². The molecule has 0 aliphatic rings. The first-order valence-corrected chi connectivity index (χ1v) is 5.70. The van der Waals surface area contributed by atoms with Gasteiger partial charge in [-0.2, -0.15) is 0 Å². The second-order valence-corrected chi connectivity index (χ2v) is 4.51. The number of methoxy groups -OCH3 is 1. The molecule has 0 unspecified atom stereocenters. The van der Waals surface area contributed by atoms with Crippen LogP contribution in [0.25, 0.3) is 0 Å². The molecular weight excluding hydrogens is 235 g/mol. The van der Waals surface area contributed by atoms with Crippen LogP contribution in [0.4, 0.5) is 4.39 Å². The van der Waals surface area contributed by atoms with Crippen LogP contribution in [0.2, 0.25) is 0 Å². The topological polar surface area (TPSA) is 50.4 Å². The zero-order chi connectivity index (χ0) is 13.8. The zero-order valence-corrected chi connectivity index (χ0v) is 11.1. The van der Waals surface area contributed by atoms with Crippen molar-refractivity contribution in [3.05, 3.63) is 29.6 Å². The molecule has 4 nitrogen and oxygen atoms in total. The average molecular weight is 254 g/mol. The lowest BCUT2D eigenvalue weighted by Crippen LogP contribution is -2.50. The van der Waals surface area contributed by atoms with E-state index in [1.54, 1.807) is 27.0 Å². The van der Waals surface area contributed by atoms with Gasteiger partial charge in [0.1, 0.15) is 11.6 Å². The minimum Gasteiger partial charge on any atom is -0.496 e. The van der Waals surface area contributed by atoms with Crippen molar-refractivity contribution in [3.8, 4) is 5.75 Å². The number of benzene rings is 1. The molecule has 1 amide bonds. The van der Waals surface area contributed by atoms with E-state index in [2.05, 4.69) is 10.6 Å². The van der Waals surface area contributed by atoms with Gasteiger partial charge in [0.25, 0.3) is 0 Å². The second kappa shape index (κ2) is 5.82. The summed E-state index contributed by atoms with van der Waals surface area (Å²) >= 11 is 0. The molecule has 2 N–H and O–H groups in total. The van der Waals surface area contributed by atoms with E-state index in [0.717, 1.165) is 0 Å². The summed E-state index contributed by atoms with van der Waals surface area (Å²) in [5, 5.41) is 5.64. The van der Waals surface area contributed by atoms with Crippen LogP contribution in [0.5, 0.6) is 5.75 Å². The highest BCUT2D eigenvalue weighted by Crippen LogP contribution is 2.19. The predicted octanol–water partition coefficient (Wildman–Crippen LogP) is 1.45. The highest BCUT2D eigenvalue weighted by atomic mass is 19.1. The molecule has 1 rings (SSSR count). The summed E-state index contributed by atoms with van der Waals surface area (Å²) in [7, 11) is 3.22. The van der Waals surface area contributed by atoms with Crippen molar-refractivity contribution in [3.63, 3.8) is 0 Å². The highest BCUT2D eigenvalue weighted by Gasteiger charge is 2.24. The fourth-order valence-corrected chi connectivity index (χ4v) is 1.40. The molecule has 0 fully saturated rings. The fourth-order valence-electron chi connectivity index (χ4n) is 1.40. The first kappa shape index (κ1) is 14.4. The molecule has 1 aromatic rings. The number of amides is 1. The SMILES string of the molecule is CNC(C)(C)C(=O)NCc1cc(F)ccc1OC. The van der Waals surface area contributed by atoms with Crippen molar-refractivity contribution in [1.29, 1.82) is 0 Å². The summed E-state index contributed by atoms with van der Waals surface area (Å²) in [5.41, 5.74) is -0.0571. The molecule has 0 aromatic heterocycles. The summed E-state index contributed by atoms with van der Waals surface area (Å²) in [4.78, 5) is 11.8. The Morgan fingerprint density at radius 2 is 2.11 bits per heavy atom. The van der Waals surface area contributed by atoms with E-state index in [9.17, 15) is 9.18 Å². The van der Waals surface area contributed by atoms with Gasteiger partial charge in [-0.1, -0.05) is 0 Å². The second-order valence-electron chi connectivity index (χ2n) is 4.51. The Morgan fingerprint density at radius 3 is 2.67 bits per heavy atom. The van der Waals surface area contributed by atoms with E-state index < -0.39 is 5.54 Å². The van der Waals surface area contributed by atoms with Gasteiger partial charge >= 0.3 is 0 Å². The summed E-state index contributed by atoms with van der Waals surface area (Å²) < 4.78 is 18.2. The number of carbonyl (C=O) groups excluding carboxylic acids is 1. The molecule has 0 bridgehead atoms. The minimum atomic E-state index is -0.666. The maximum atomic E-state index is 13.1. The first-order valence-electron chi connectivity index (χ1n) is 5.70. The summed E-state index contributed by atoms with van der Waals surface area (Å²) in [6.07, 6.45) is 0. The van der Waals surface area contributed by atoms with Gasteiger partial charge in [-0.25, -0.2) is 4.39 Å². The molecule has 5 heteroatoms. The van der Waals surface area contributed by atoms with E-state index in [0.29, 0.717) is 11.3 Å². The van der Waals surface area contributed by atoms with Gasteiger partial charge in [-0.05, 0) is 39.1 Å². The predicted molar refractivity (Wildman–Crippen MR) is 67.9 cm³/mol. The van der Waals surface area contributed by atoms with Gasteiger partial charge in [0.05, 0.1) is 12.6 Å². The number of carbonyl (C=O) groups is 1. The molecule has 0 saturated heterocycles. The number of nitrogens with one attached hydrogen (secondary N) is 2. The zero-order valence-electron chi connectivity index (χ0n) is 11.1. The van der Waals surface area contributed by atoms with Crippen LogP contribution in [0.1, 0.15) is 19.4 Å². The van der Waals surface area contributed by atoms with Crippen LogP contribution in [-0.2, 0) is 11.3 Å². The average Bonchev–Trinajstić information content (AvgIpc) is 2.36. The van der Waals surface area contributed by atoms with Crippen LogP contribution in [0.3, 0.4) is 0 Å². The van der Waals surface area contributed by atoms with Crippen molar-refractivity contribution >= 4 is 5.91 Å². The summed E-state index contributed by atoms with van der Waals surface area (Å²) in [6, 6.07) is 4.22. The standard InChI is InChI=1S/C13H19FN2O2/c1-13(2,15-3)12(17)16-8-9-7-10(14)5-6-11(9)18-4/h5-7,15H,8H2,1-4H3,(H,16,17). The smallest absolute Gasteiger partial charge is 0.239 e. The van der Waals surface area contributed by atoms with Gasteiger partial charge in [-0.3, -0.25) is 4.79 Å². The van der Waals surface area contributed by atoms with E-state index in [1.165, 1.54) is 19.2 Å². The van der Waals surface area contributed by atoms with Crippen molar-refractivity contribution in [2.24, 2.45) is 0 Å². The Labute approximate surface area is 107 Å². The van der Waals surface area contributed by atoms with Crippen molar-refractivity contribution in [1.82, 2.24) is 10.6 Å². The van der Waals surface area contributed by atoms with Crippen LogP contribution < -0.4 is 15.4 Å². The molecule has 1 aromatic carbocycles. The van der Waals surface area contributed by atoms with Crippen LogP contribution in [0.15, 0.2) is 18.2 Å². The molecule has 0 saturated carbocycles. The lowest BCUT2D eigenvalue weighted by Gasteiger charge is -2.23. The van der Waals surface area contributed by atoms with Gasteiger partial charge in [0.2, 0.25) is 5.91 Å². The van der Waals surface area contributed by atoms with E-state index >= 15 is 0 Å². The maximum Gasteiger partial charge on any atom is 0.239 e. The number of ether oxygens (including phenoxy) is 1. The third-order valence-corrected chi connectivity index (χ3v) is 2.87. The molecule has 0 aliphatic heterocycles. The van der Waals surface area contributed by atoms with Crippen LogP contribution in [0, 0.1) is 5.82 Å². The molecule has 0 aliphatic carbocycles. The quantitative estimate of drug-likeness (QED) is 0.836. The maximum absolute atomic E-state index is 13.1. The monoisotopic (exact) mass is 254 g/mol. The lowest BCUT2D eigenvalue weighted by atomic mass is 10.0. The Kier molecular flexibility index (Phi) is 4.67. The van der Waals surface area contributed by atoms with Gasteiger partial charge in [0.15, 0.2) is 0 Å². The number of likely N-dealkylation sites (N-methyl/N-ethyl adjacent to an activating group) is 1. The highest BCUT2D eigenvalue weighted by molar-refractivity contribution is 5.85. The van der Waals surface area contributed by atoms with Crippen molar-refractivity contribution in [2.75, 3.05) is 14.2 Å². The Morgan fingerprint density at radius 1 is 1.44 bits per heavy atom. The number of hydrogen-bond acceptors (Lipinski definition) is 3. The van der Waals surface area contributed by atoms with Gasteiger partial charge < -0.3 is 15.4 Å². The third kappa shape index (κ3) is 3.43. The van der Waals surface area contributed by atoms with Crippen LogP contribution in [-0.4, -0.2) is 25.6 Å².